The Morgan fingerprint density at radius 2 is 1.48 bits per heavy atom. The van der Waals surface area contributed by atoms with E-state index >= 15 is 0 Å². The molecule has 0 saturated heterocycles. The number of hydrogen-bond acceptors (Lipinski definition) is 2. The molecule has 106 valence electrons. The van der Waals surface area contributed by atoms with Gasteiger partial charge in [0.1, 0.15) is 6.29 Å². The van der Waals surface area contributed by atoms with E-state index in [4.69, 9.17) is 0 Å². The van der Waals surface area contributed by atoms with Gasteiger partial charge in [-0.05, 0) is 23.1 Å². The highest BCUT2D eigenvalue weighted by atomic mass is 16.3. The summed E-state index contributed by atoms with van der Waals surface area (Å²) in [5.74, 6) is -0.152. The van der Waals surface area contributed by atoms with E-state index in [9.17, 15) is 9.90 Å². The van der Waals surface area contributed by atoms with Gasteiger partial charge >= 0.3 is 0 Å². The van der Waals surface area contributed by atoms with Crippen LogP contribution in [0.25, 0.3) is 5.57 Å². The van der Waals surface area contributed by atoms with Gasteiger partial charge in [0.15, 0.2) is 0 Å². The Bertz CT molecular complexity index is 590. The fourth-order valence-corrected chi connectivity index (χ4v) is 2.85. The third kappa shape index (κ3) is 2.81. The first-order chi connectivity index (χ1) is 10.3. The number of carbonyl (C=O) groups excluding carboxylic acids is 1. The third-order valence-corrected chi connectivity index (χ3v) is 4.16. The van der Waals surface area contributed by atoms with Crippen LogP contribution in [0.5, 0.6) is 0 Å². The molecule has 21 heavy (non-hydrogen) atoms. The molecule has 2 aromatic rings. The van der Waals surface area contributed by atoms with Gasteiger partial charge in [-0.15, -0.1) is 0 Å². The Morgan fingerprint density at radius 3 is 1.90 bits per heavy atom. The summed E-state index contributed by atoms with van der Waals surface area (Å²) in [6.07, 6.45) is 3.17. The molecule has 1 saturated carbocycles. The molecule has 1 aliphatic rings. The van der Waals surface area contributed by atoms with E-state index in [0.29, 0.717) is 6.42 Å². The molecule has 0 radical (unpaired) electrons. The average molecular weight is 278 g/mol. The maximum Gasteiger partial charge on any atom is 0.123 e. The van der Waals surface area contributed by atoms with Crippen LogP contribution in [0.1, 0.15) is 17.5 Å². The Labute approximate surface area is 124 Å². The molecule has 0 heterocycles. The molecule has 0 unspecified atom stereocenters. The molecular formula is C19H18O2. The highest BCUT2D eigenvalue weighted by molar-refractivity contribution is 5.80. The summed E-state index contributed by atoms with van der Waals surface area (Å²) in [5, 5.41) is 9.95. The van der Waals surface area contributed by atoms with Crippen molar-refractivity contribution < 1.29 is 9.90 Å². The Morgan fingerprint density at radius 1 is 0.952 bits per heavy atom. The fraction of sp³-hybridized carbons (Fsp3) is 0.211. The van der Waals surface area contributed by atoms with Crippen molar-refractivity contribution in [2.75, 3.05) is 0 Å². The first-order valence-corrected chi connectivity index (χ1v) is 7.25. The summed E-state index contributed by atoms with van der Waals surface area (Å²) < 4.78 is 0. The van der Waals surface area contributed by atoms with Crippen LogP contribution in [0.2, 0.25) is 0 Å². The van der Waals surface area contributed by atoms with E-state index in [0.717, 1.165) is 23.0 Å². The number of aliphatic hydroxyl groups is 1. The number of carbonyl (C=O) groups is 1. The number of rotatable bonds is 4. The highest BCUT2D eigenvalue weighted by Crippen LogP contribution is 2.37. The minimum atomic E-state index is -0.414. The van der Waals surface area contributed by atoms with Crippen molar-refractivity contribution in [3.8, 4) is 0 Å². The second kappa shape index (κ2) is 6.06. The van der Waals surface area contributed by atoms with Crippen LogP contribution in [0.15, 0.2) is 66.7 Å². The maximum absolute atomic E-state index is 11.1. The van der Waals surface area contributed by atoms with Gasteiger partial charge in [0.2, 0.25) is 0 Å². The molecule has 1 N–H and O–H groups in total. The molecule has 3 atom stereocenters. The number of aldehydes is 1. The van der Waals surface area contributed by atoms with E-state index in [2.05, 4.69) is 30.3 Å². The highest BCUT2D eigenvalue weighted by Gasteiger charge is 2.38. The lowest BCUT2D eigenvalue weighted by atomic mass is 9.70. The summed E-state index contributed by atoms with van der Waals surface area (Å²) in [6, 6.07) is 20.2. The van der Waals surface area contributed by atoms with Gasteiger partial charge in [0.05, 0.1) is 6.10 Å². The smallest absolute Gasteiger partial charge is 0.123 e. The quantitative estimate of drug-likeness (QED) is 0.871. The minimum Gasteiger partial charge on any atom is -0.392 e. The van der Waals surface area contributed by atoms with E-state index in [1.165, 1.54) is 0 Å². The largest absolute Gasteiger partial charge is 0.392 e. The third-order valence-electron chi connectivity index (χ3n) is 4.16. The molecule has 0 aliphatic heterocycles. The van der Waals surface area contributed by atoms with Gasteiger partial charge in [-0.1, -0.05) is 66.7 Å². The average Bonchev–Trinajstić information content (AvgIpc) is 2.54. The molecule has 1 aliphatic carbocycles. The fourth-order valence-electron chi connectivity index (χ4n) is 2.85. The molecule has 0 bridgehead atoms. The van der Waals surface area contributed by atoms with Crippen LogP contribution in [-0.2, 0) is 4.79 Å². The van der Waals surface area contributed by atoms with Crippen molar-refractivity contribution in [3.05, 3.63) is 77.9 Å². The first kappa shape index (κ1) is 13.8. The summed E-state index contributed by atoms with van der Waals surface area (Å²) in [7, 11) is 0. The molecule has 2 aromatic carbocycles. The van der Waals surface area contributed by atoms with Crippen molar-refractivity contribution in [2.24, 2.45) is 11.8 Å². The van der Waals surface area contributed by atoms with Crippen molar-refractivity contribution >= 4 is 11.9 Å². The Kier molecular flexibility index (Phi) is 3.98. The predicted octanol–water partition coefficient (Wildman–Crippen LogP) is 3.31. The van der Waals surface area contributed by atoms with Gasteiger partial charge < -0.3 is 9.90 Å². The normalized spacial score (nSPS) is 24.0. The van der Waals surface area contributed by atoms with Crippen molar-refractivity contribution in [2.45, 2.75) is 12.5 Å². The molecule has 3 rings (SSSR count). The SMILES string of the molecule is O=C[C@@H]1C[C@H](O)[C@@H]1C=C(c1ccccc1)c1ccccc1. The summed E-state index contributed by atoms with van der Waals surface area (Å²) >= 11 is 0. The molecule has 2 nitrogen and oxygen atoms in total. The van der Waals surface area contributed by atoms with Crippen molar-refractivity contribution in [3.63, 3.8) is 0 Å². The molecule has 0 aromatic heterocycles. The van der Waals surface area contributed by atoms with Crippen LogP contribution >= 0.6 is 0 Å². The van der Waals surface area contributed by atoms with Gasteiger partial charge in [0.25, 0.3) is 0 Å². The molecule has 1 fully saturated rings. The zero-order chi connectivity index (χ0) is 14.7. The van der Waals surface area contributed by atoms with Crippen LogP contribution in [0, 0.1) is 11.8 Å². The number of hydrogen-bond donors (Lipinski definition) is 1. The van der Waals surface area contributed by atoms with Crippen molar-refractivity contribution in [1.82, 2.24) is 0 Å². The van der Waals surface area contributed by atoms with Crippen LogP contribution in [0.3, 0.4) is 0 Å². The van der Waals surface area contributed by atoms with E-state index in [1.807, 2.05) is 36.4 Å². The molecule has 0 amide bonds. The lowest BCUT2D eigenvalue weighted by Gasteiger charge is -2.37. The topological polar surface area (TPSA) is 37.3 Å². The van der Waals surface area contributed by atoms with Gasteiger partial charge in [-0.3, -0.25) is 0 Å². The summed E-state index contributed by atoms with van der Waals surface area (Å²) in [4.78, 5) is 11.1. The predicted molar refractivity (Wildman–Crippen MR) is 83.6 cm³/mol. The van der Waals surface area contributed by atoms with Crippen LogP contribution < -0.4 is 0 Å². The van der Waals surface area contributed by atoms with Gasteiger partial charge in [-0.25, -0.2) is 0 Å². The molecular weight excluding hydrogens is 260 g/mol. The van der Waals surface area contributed by atoms with E-state index in [-0.39, 0.29) is 11.8 Å². The lowest BCUT2D eigenvalue weighted by molar-refractivity contribution is -0.120. The van der Waals surface area contributed by atoms with Gasteiger partial charge in [0, 0.05) is 11.8 Å². The Balaban J connectivity index is 2.03. The van der Waals surface area contributed by atoms with Crippen LogP contribution in [0.4, 0.5) is 0 Å². The van der Waals surface area contributed by atoms with Gasteiger partial charge in [-0.2, -0.15) is 0 Å². The molecule has 2 heteroatoms. The standard InChI is InChI=1S/C19H18O2/c20-13-16-11-19(21)18(16)12-17(14-7-3-1-4-8-14)15-9-5-2-6-10-15/h1-10,12-13,16,18-19,21H,11H2/t16-,18+,19-/m0/s1. The Hall–Kier alpha value is -2.19. The molecule has 0 spiro atoms. The monoisotopic (exact) mass is 278 g/mol. The summed E-state index contributed by atoms with van der Waals surface area (Å²) in [6.45, 7) is 0. The second-order valence-electron chi connectivity index (χ2n) is 5.49. The van der Waals surface area contributed by atoms with E-state index in [1.54, 1.807) is 0 Å². The van der Waals surface area contributed by atoms with Crippen LogP contribution in [-0.4, -0.2) is 17.5 Å². The maximum atomic E-state index is 11.1. The lowest BCUT2D eigenvalue weighted by Crippen LogP contribution is -2.41. The van der Waals surface area contributed by atoms with E-state index < -0.39 is 6.10 Å². The second-order valence-corrected chi connectivity index (χ2v) is 5.49. The minimum absolute atomic E-state index is 0.0672. The first-order valence-electron chi connectivity index (χ1n) is 7.25. The summed E-state index contributed by atoms with van der Waals surface area (Å²) in [5.41, 5.74) is 3.28. The zero-order valence-electron chi connectivity index (χ0n) is 11.7. The number of benzene rings is 2. The number of aliphatic hydroxyl groups excluding tert-OH is 1. The van der Waals surface area contributed by atoms with Crippen molar-refractivity contribution in [1.29, 1.82) is 0 Å². The zero-order valence-corrected chi connectivity index (χ0v) is 11.7.